The summed E-state index contributed by atoms with van der Waals surface area (Å²) in [4.78, 5) is 0. The van der Waals surface area contributed by atoms with Gasteiger partial charge in [-0.05, 0) is 54.0 Å². The van der Waals surface area contributed by atoms with Crippen LogP contribution in [-0.4, -0.2) is 0 Å². The zero-order valence-corrected chi connectivity index (χ0v) is 9.45. The Balaban J connectivity index is 1.98. The first-order valence-electron chi connectivity index (χ1n) is 6.12. The van der Waals surface area contributed by atoms with Gasteiger partial charge in [-0.3, -0.25) is 0 Å². The minimum atomic E-state index is 1.24. The number of rotatable bonds is 1. The zero-order chi connectivity index (χ0) is 10.8. The molecular weight excluding hydrogens is 192 g/mol. The fraction of sp³-hybridized carbons (Fsp3) is 0.250. The predicted octanol–water partition coefficient (Wildman–Crippen LogP) is 4.51. The maximum atomic E-state index is 2.40. The molecule has 0 bridgehead atoms. The summed E-state index contributed by atoms with van der Waals surface area (Å²) in [5.41, 5.74) is 5.72. The first kappa shape index (κ1) is 9.65. The molecule has 0 nitrogen and oxygen atoms in total. The third-order valence-corrected chi connectivity index (χ3v) is 3.38. The van der Waals surface area contributed by atoms with E-state index >= 15 is 0 Å². The lowest BCUT2D eigenvalue weighted by atomic mass is 10.1. The van der Waals surface area contributed by atoms with Crippen LogP contribution >= 0.6 is 0 Å². The number of hydrogen-bond acceptors (Lipinski definition) is 0. The van der Waals surface area contributed by atoms with Crippen molar-refractivity contribution in [3.63, 3.8) is 0 Å². The number of benzene rings is 1. The van der Waals surface area contributed by atoms with E-state index in [1.807, 2.05) is 0 Å². The summed E-state index contributed by atoms with van der Waals surface area (Å²) < 4.78 is 0. The van der Waals surface area contributed by atoms with E-state index in [4.69, 9.17) is 0 Å². The van der Waals surface area contributed by atoms with Gasteiger partial charge >= 0.3 is 0 Å². The standard InChI is InChI=1S/C16H16/c1-3-7-13(8-4-1)16-11-14-9-5-2-6-10-15(14)12-16/h1,3-4,7-9,11-12H,2,5-6,10H2. The Kier molecular flexibility index (Phi) is 2.49. The normalized spacial score (nSPS) is 19.4. The molecule has 2 aliphatic rings. The van der Waals surface area contributed by atoms with Gasteiger partial charge in [-0.25, -0.2) is 0 Å². The Morgan fingerprint density at radius 3 is 2.56 bits per heavy atom. The molecule has 0 saturated heterocycles. The zero-order valence-electron chi connectivity index (χ0n) is 9.45. The summed E-state index contributed by atoms with van der Waals surface area (Å²) in [5.74, 6) is 0. The monoisotopic (exact) mass is 208 g/mol. The third kappa shape index (κ3) is 1.76. The molecule has 0 atom stereocenters. The second-order valence-electron chi connectivity index (χ2n) is 4.54. The first-order valence-corrected chi connectivity index (χ1v) is 6.12. The highest BCUT2D eigenvalue weighted by molar-refractivity contribution is 5.83. The molecule has 0 aliphatic heterocycles. The van der Waals surface area contributed by atoms with E-state index in [-0.39, 0.29) is 0 Å². The van der Waals surface area contributed by atoms with Gasteiger partial charge in [-0.1, -0.05) is 42.5 Å². The van der Waals surface area contributed by atoms with Gasteiger partial charge in [0.25, 0.3) is 0 Å². The van der Waals surface area contributed by atoms with Crippen molar-refractivity contribution >= 4 is 5.57 Å². The van der Waals surface area contributed by atoms with Crippen LogP contribution in [0.2, 0.25) is 0 Å². The molecular formula is C16H16. The summed E-state index contributed by atoms with van der Waals surface area (Å²) in [5, 5.41) is 0. The summed E-state index contributed by atoms with van der Waals surface area (Å²) >= 11 is 0. The molecule has 0 radical (unpaired) electrons. The van der Waals surface area contributed by atoms with E-state index in [0.717, 1.165) is 0 Å². The van der Waals surface area contributed by atoms with Gasteiger partial charge in [-0.15, -0.1) is 0 Å². The van der Waals surface area contributed by atoms with Crippen LogP contribution in [0.4, 0.5) is 0 Å². The smallest absolute Gasteiger partial charge is 0.0175 e. The van der Waals surface area contributed by atoms with E-state index in [9.17, 15) is 0 Å². The van der Waals surface area contributed by atoms with Gasteiger partial charge in [-0.2, -0.15) is 0 Å². The molecule has 0 fully saturated rings. The van der Waals surface area contributed by atoms with Crippen LogP contribution in [0.5, 0.6) is 0 Å². The average Bonchev–Trinajstić information content (AvgIpc) is 2.62. The van der Waals surface area contributed by atoms with Crippen LogP contribution in [0.1, 0.15) is 31.2 Å². The predicted molar refractivity (Wildman–Crippen MR) is 69.1 cm³/mol. The number of fused-ring (bicyclic) bond motifs is 1. The van der Waals surface area contributed by atoms with Crippen molar-refractivity contribution in [2.45, 2.75) is 25.7 Å². The van der Waals surface area contributed by atoms with Crippen molar-refractivity contribution in [1.82, 2.24) is 0 Å². The topological polar surface area (TPSA) is 0 Å². The Morgan fingerprint density at radius 1 is 0.812 bits per heavy atom. The second-order valence-corrected chi connectivity index (χ2v) is 4.54. The molecule has 0 saturated carbocycles. The van der Waals surface area contributed by atoms with Gasteiger partial charge in [0, 0.05) is 0 Å². The summed E-state index contributed by atoms with van der Waals surface area (Å²) in [6.45, 7) is 0. The molecule has 1 aromatic carbocycles. The van der Waals surface area contributed by atoms with Crippen molar-refractivity contribution in [3.8, 4) is 0 Å². The van der Waals surface area contributed by atoms with Crippen molar-refractivity contribution in [3.05, 3.63) is 65.3 Å². The van der Waals surface area contributed by atoms with E-state index in [1.165, 1.54) is 48.0 Å². The Bertz CT molecular complexity index is 472. The van der Waals surface area contributed by atoms with E-state index in [2.05, 4.69) is 48.6 Å². The van der Waals surface area contributed by atoms with Crippen molar-refractivity contribution in [1.29, 1.82) is 0 Å². The lowest BCUT2D eigenvalue weighted by molar-refractivity contribution is 0.765. The summed E-state index contributed by atoms with van der Waals surface area (Å²) in [6, 6.07) is 10.7. The van der Waals surface area contributed by atoms with E-state index in [1.54, 1.807) is 0 Å². The van der Waals surface area contributed by atoms with E-state index < -0.39 is 0 Å². The molecule has 0 unspecified atom stereocenters. The highest BCUT2D eigenvalue weighted by Gasteiger charge is 2.14. The van der Waals surface area contributed by atoms with Gasteiger partial charge in [0.05, 0.1) is 0 Å². The Labute approximate surface area is 97.0 Å². The Morgan fingerprint density at radius 2 is 1.69 bits per heavy atom. The molecule has 0 N–H and O–H groups in total. The Hall–Kier alpha value is -1.56. The number of hydrogen-bond donors (Lipinski definition) is 0. The molecule has 3 rings (SSSR count). The quantitative estimate of drug-likeness (QED) is 0.637. The third-order valence-electron chi connectivity index (χ3n) is 3.38. The van der Waals surface area contributed by atoms with Gasteiger partial charge in [0.1, 0.15) is 0 Å². The highest BCUT2D eigenvalue weighted by Crippen LogP contribution is 2.34. The summed E-state index contributed by atoms with van der Waals surface area (Å²) in [7, 11) is 0. The van der Waals surface area contributed by atoms with Crippen LogP contribution in [0.25, 0.3) is 5.57 Å². The van der Waals surface area contributed by atoms with Crippen LogP contribution < -0.4 is 0 Å². The van der Waals surface area contributed by atoms with Crippen molar-refractivity contribution in [2.24, 2.45) is 0 Å². The maximum Gasteiger partial charge on any atom is -0.0175 e. The fourth-order valence-corrected chi connectivity index (χ4v) is 2.49. The van der Waals surface area contributed by atoms with E-state index in [0.29, 0.717) is 0 Å². The lowest BCUT2D eigenvalue weighted by Crippen LogP contribution is -1.79. The molecule has 0 heteroatoms. The van der Waals surface area contributed by atoms with Crippen molar-refractivity contribution < 1.29 is 0 Å². The lowest BCUT2D eigenvalue weighted by Gasteiger charge is -1.98. The average molecular weight is 208 g/mol. The van der Waals surface area contributed by atoms with Crippen LogP contribution in [0.3, 0.4) is 0 Å². The fourth-order valence-electron chi connectivity index (χ4n) is 2.49. The van der Waals surface area contributed by atoms with Gasteiger partial charge in [0.2, 0.25) is 0 Å². The molecule has 80 valence electrons. The maximum absolute atomic E-state index is 2.40. The van der Waals surface area contributed by atoms with Gasteiger partial charge < -0.3 is 0 Å². The molecule has 0 aromatic heterocycles. The molecule has 0 amide bonds. The minimum absolute atomic E-state index is 1.24. The molecule has 16 heavy (non-hydrogen) atoms. The largest absolute Gasteiger partial charge is 0.0770 e. The summed E-state index contributed by atoms with van der Waals surface area (Å²) in [6.07, 6.45) is 12.3. The molecule has 1 aromatic rings. The SMILES string of the molecule is C1=C2C=C(c3ccccc3)C=C2CCCC1. The van der Waals surface area contributed by atoms with Crippen molar-refractivity contribution in [2.75, 3.05) is 0 Å². The van der Waals surface area contributed by atoms with Crippen LogP contribution in [-0.2, 0) is 0 Å². The molecule has 0 spiro atoms. The highest BCUT2D eigenvalue weighted by atomic mass is 14.2. The number of allylic oxidation sites excluding steroid dienone is 6. The van der Waals surface area contributed by atoms with Crippen LogP contribution in [0, 0.1) is 0 Å². The van der Waals surface area contributed by atoms with Gasteiger partial charge in [0.15, 0.2) is 0 Å². The minimum Gasteiger partial charge on any atom is -0.0770 e. The molecule has 0 heterocycles. The second kappa shape index (κ2) is 4.13. The molecule has 2 aliphatic carbocycles. The first-order chi connectivity index (χ1) is 7.93. The van der Waals surface area contributed by atoms with Crippen LogP contribution in [0.15, 0.2) is 59.7 Å².